The van der Waals surface area contributed by atoms with Crippen LogP contribution in [0, 0.1) is 5.02 Å². The molecule has 0 aliphatic carbocycles. The fourth-order valence-electron chi connectivity index (χ4n) is 6.48. The lowest BCUT2D eigenvalue weighted by Crippen LogP contribution is -2.38. The summed E-state index contributed by atoms with van der Waals surface area (Å²) >= 11 is 0. The highest BCUT2D eigenvalue weighted by Gasteiger charge is 2.42. The van der Waals surface area contributed by atoms with Crippen LogP contribution in [0.1, 0.15) is 158 Å². The standard InChI is InChI=1S/C42H69OP2Si/c1-37(2,3)27-22-29(39(7,8)9)34(30(23-27)40(10,11)12)44-26-33(43)45(36(44)46(19,20)21)35-31(41(13,14)15)24-28(38(4,5)6)25-32(35)42(16,17)18/h22-25,33,43H,1-21H3/q-1. The van der Waals surface area contributed by atoms with Gasteiger partial charge in [0.1, 0.15) is 0 Å². The number of hydrogen-bond acceptors (Lipinski definition) is 1. The molecule has 3 rings (SSSR count). The Morgan fingerprint density at radius 2 is 0.870 bits per heavy atom. The lowest BCUT2D eigenvalue weighted by Gasteiger charge is -2.49. The van der Waals surface area contributed by atoms with Gasteiger partial charge >= 0.3 is 0 Å². The van der Waals surface area contributed by atoms with Gasteiger partial charge in [-0.25, -0.2) is 7.55 Å². The van der Waals surface area contributed by atoms with Gasteiger partial charge in [0.15, 0.2) is 0 Å². The maximum Gasteiger partial charge on any atom is 0.0902 e. The van der Waals surface area contributed by atoms with Crippen molar-refractivity contribution in [1.29, 1.82) is 0 Å². The van der Waals surface area contributed by atoms with Crippen LogP contribution in [0.15, 0.2) is 24.3 Å². The van der Waals surface area contributed by atoms with Gasteiger partial charge < -0.3 is 5.11 Å². The summed E-state index contributed by atoms with van der Waals surface area (Å²) in [4.78, 5) is 0. The Bertz CT molecular complexity index is 1410. The number of aliphatic hydroxyl groups excluding tert-OH is 1. The summed E-state index contributed by atoms with van der Waals surface area (Å²) in [6, 6.07) is 10.0. The Balaban J connectivity index is 2.58. The van der Waals surface area contributed by atoms with Crippen LogP contribution < -0.4 is 10.6 Å². The zero-order valence-corrected chi connectivity index (χ0v) is 36.5. The predicted octanol–water partition coefficient (Wildman–Crippen LogP) is 11.8. The molecule has 1 aliphatic heterocycles. The molecule has 0 bridgehead atoms. The van der Waals surface area contributed by atoms with Crippen LogP contribution in [-0.4, -0.2) is 24.8 Å². The molecule has 0 spiro atoms. The van der Waals surface area contributed by atoms with E-state index < -0.39 is 29.4 Å². The van der Waals surface area contributed by atoms with Crippen molar-refractivity contribution < 1.29 is 5.11 Å². The number of hydrogen-bond donors (Lipinski definition) is 1. The molecule has 0 saturated carbocycles. The lowest BCUT2D eigenvalue weighted by molar-refractivity contribution is 0.328. The topological polar surface area (TPSA) is 20.2 Å². The predicted molar refractivity (Wildman–Crippen MR) is 216 cm³/mol. The molecule has 258 valence electrons. The van der Waals surface area contributed by atoms with Gasteiger partial charge in [0.25, 0.3) is 0 Å². The molecular formula is C42H69OP2Si-. The van der Waals surface area contributed by atoms with E-state index in [-0.39, 0.29) is 32.5 Å². The summed E-state index contributed by atoms with van der Waals surface area (Å²) in [5.74, 6) is 3.43. The lowest BCUT2D eigenvalue weighted by atomic mass is 9.75. The third-order valence-corrected chi connectivity index (χ3v) is 21.4. The van der Waals surface area contributed by atoms with Gasteiger partial charge in [0.05, 0.1) is 5.30 Å². The third-order valence-electron chi connectivity index (χ3n) is 9.25. The van der Waals surface area contributed by atoms with Crippen molar-refractivity contribution in [1.82, 2.24) is 0 Å². The second-order valence-corrected chi connectivity index (χ2v) is 31.3. The van der Waals surface area contributed by atoms with Gasteiger partial charge in [0.2, 0.25) is 0 Å². The third kappa shape index (κ3) is 8.15. The molecule has 3 atom stereocenters. The summed E-state index contributed by atoms with van der Waals surface area (Å²) < 4.78 is 0. The van der Waals surface area contributed by atoms with Gasteiger partial charge in [-0.05, 0) is 65.9 Å². The van der Waals surface area contributed by atoms with Crippen molar-refractivity contribution in [3.05, 3.63) is 62.7 Å². The molecule has 0 fully saturated rings. The largest absolute Gasteiger partial charge is 0.419 e. The molecule has 1 N–H and O–H groups in total. The zero-order chi connectivity index (χ0) is 36.0. The zero-order valence-electron chi connectivity index (χ0n) is 33.7. The van der Waals surface area contributed by atoms with Crippen LogP contribution in [0.3, 0.4) is 0 Å². The SMILES string of the molecule is CC(C)(C)c1cc(C(C)(C)C)c(P2[C-]([Si](C)(C)C)[P+](c3c(C(C)(C)C)cc(C(C)(C)C)cc3C(C)(C)C)=[C-]C2O)c(C(C)(C)C)c1. The van der Waals surface area contributed by atoms with E-state index in [2.05, 4.69) is 174 Å². The van der Waals surface area contributed by atoms with Crippen molar-refractivity contribution in [3.8, 4) is 0 Å². The molecule has 3 unspecified atom stereocenters. The van der Waals surface area contributed by atoms with Crippen LogP contribution in [0.5, 0.6) is 0 Å². The highest BCUT2D eigenvalue weighted by atomic mass is 31.2. The quantitative estimate of drug-likeness (QED) is 0.194. The average molecular weight is 680 g/mol. The molecule has 46 heavy (non-hydrogen) atoms. The fraction of sp³-hybridized carbons (Fsp3) is 0.667. The maximum absolute atomic E-state index is 12.5. The minimum absolute atomic E-state index is 0.0360. The van der Waals surface area contributed by atoms with Gasteiger partial charge in [-0.1, -0.05) is 177 Å². The Kier molecular flexibility index (Phi) is 10.5. The van der Waals surface area contributed by atoms with Crippen LogP contribution in [0.2, 0.25) is 19.6 Å². The first-order valence-electron chi connectivity index (χ1n) is 17.5. The Morgan fingerprint density at radius 1 is 0.565 bits per heavy atom. The second kappa shape index (κ2) is 12.2. The molecule has 0 saturated heterocycles. The summed E-state index contributed by atoms with van der Waals surface area (Å²) in [7, 11) is -3.88. The van der Waals surface area contributed by atoms with Crippen LogP contribution >= 0.6 is 15.5 Å². The Hall–Kier alpha value is -0.783. The first-order valence-corrected chi connectivity index (χ1v) is 23.7. The highest BCUT2D eigenvalue weighted by Crippen LogP contribution is 2.70. The van der Waals surface area contributed by atoms with Gasteiger partial charge in [-0.3, -0.25) is 5.80 Å². The highest BCUT2D eigenvalue weighted by molar-refractivity contribution is 7.94. The van der Waals surface area contributed by atoms with E-state index in [0.717, 1.165) is 0 Å². The van der Waals surface area contributed by atoms with Crippen molar-refractivity contribution >= 4 is 39.9 Å². The van der Waals surface area contributed by atoms with Crippen molar-refractivity contribution in [2.45, 2.75) is 183 Å². The van der Waals surface area contributed by atoms with E-state index in [9.17, 15) is 5.11 Å². The molecule has 2 aromatic rings. The number of benzene rings is 2. The van der Waals surface area contributed by atoms with E-state index >= 15 is 0 Å². The van der Waals surface area contributed by atoms with Crippen LogP contribution in [-0.2, 0) is 32.5 Å². The molecule has 1 heterocycles. The van der Waals surface area contributed by atoms with Gasteiger partial charge in [-0.2, -0.15) is 7.92 Å². The average Bonchev–Trinajstić information content (AvgIpc) is 3.16. The van der Waals surface area contributed by atoms with Crippen LogP contribution in [0.4, 0.5) is 0 Å². The van der Waals surface area contributed by atoms with Crippen molar-refractivity contribution in [3.63, 3.8) is 0 Å². The van der Waals surface area contributed by atoms with E-state index in [0.29, 0.717) is 0 Å². The number of rotatable bonds is 3. The van der Waals surface area contributed by atoms with Crippen LogP contribution in [0.25, 0.3) is 0 Å². The summed E-state index contributed by atoms with van der Waals surface area (Å²) in [5, 5.41) is 17.1. The van der Waals surface area contributed by atoms with Gasteiger partial charge in [-0.15, -0.1) is 5.02 Å². The normalized spacial score (nSPS) is 20.3. The summed E-state index contributed by atoms with van der Waals surface area (Å²) in [6.07, 6.45) is 0. The molecule has 0 aromatic heterocycles. The summed E-state index contributed by atoms with van der Waals surface area (Å²) in [6.45, 7) is 50.1. The Labute approximate surface area is 289 Å². The molecule has 0 amide bonds. The monoisotopic (exact) mass is 679 g/mol. The smallest absolute Gasteiger partial charge is 0.0902 e. The van der Waals surface area contributed by atoms with Crippen molar-refractivity contribution in [2.24, 2.45) is 0 Å². The second-order valence-electron chi connectivity index (χ2n) is 21.1. The molecular weight excluding hydrogens is 610 g/mol. The summed E-state index contributed by atoms with van der Waals surface area (Å²) in [5.41, 5.74) is 8.40. The first-order chi connectivity index (χ1) is 20.2. The molecule has 0 radical (unpaired) electrons. The molecule has 2 aromatic carbocycles. The van der Waals surface area contributed by atoms with E-state index in [1.165, 1.54) is 44.0 Å². The molecule has 4 heteroatoms. The molecule has 1 nitrogen and oxygen atoms in total. The molecule has 1 aliphatic rings. The van der Waals surface area contributed by atoms with Crippen molar-refractivity contribution in [2.75, 3.05) is 0 Å². The Morgan fingerprint density at radius 3 is 1.13 bits per heavy atom. The van der Waals surface area contributed by atoms with E-state index in [1.807, 2.05) is 0 Å². The fourth-order valence-corrected chi connectivity index (χ4v) is 20.0. The first kappa shape index (κ1) is 39.7. The number of aliphatic hydroxyl groups is 1. The van der Waals surface area contributed by atoms with E-state index in [4.69, 9.17) is 0 Å². The van der Waals surface area contributed by atoms with E-state index in [1.54, 1.807) is 5.02 Å². The maximum atomic E-state index is 12.5. The minimum atomic E-state index is -1.93. The van der Waals surface area contributed by atoms with Gasteiger partial charge in [0, 0.05) is 11.1 Å². The minimum Gasteiger partial charge on any atom is -0.419 e.